The molecule has 1 fully saturated rings. The van der Waals surface area contributed by atoms with Gasteiger partial charge in [-0.25, -0.2) is 0 Å². The lowest BCUT2D eigenvalue weighted by Crippen LogP contribution is -2.35. The molecule has 1 aromatic carbocycles. The van der Waals surface area contributed by atoms with Gasteiger partial charge in [0.1, 0.15) is 0 Å². The van der Waals surface area contributed by atoms with Gasteiger partial charge in [-0.3, -0.25) is 4.79 Å². The molecule has 98 valence electrons. The molecule has 1 amide bonds. The lowest BCUT2D eigenvalue weighted by atomic mass is 10.1. The maximum absolute atomic E-state index is 12.1. The molecule has 1 aromatic rings. The Bertz CT molecular complexity index is 426. The van der Waals surface area contributed by atoms with Gasteiger partial charge in [-0.15, -0.1) is 0 Å². The number of halogens is 1. The number of carbonyl (C=O) groups excluding carboxylic acids is 1. The van der Waals surface area contributed by atoms with Crippen LogP contribution in [0, 0.1) is 6.92 Å². The Balaban J connectivity index is 1.99. The number of hydrogen-bond donors (Lipinski definition) is 2. The maximum Gasteiger partial charge on any atom is 0.251 e. The molecule has 3 nitrogen and oxygen atoms in total. The van der Waals surface area contributed by atoms with Crippen LogP contribution >= 0.6 is 11.6 Å². The SMILES string of the molecule is Cc1ccc(C(=O)NC2CCCNCC2)cc1Cl. The number of amides is 1. The molecule has 0 aromatic heterocycles. The summed E-state index contributed by atoms with van der Waals surface area (Å²) in [4.78, 5) is 12.1. The molecule has 0 spiro atoms. The van der Waals surface area contributed by atoms with Crippen molar-refractivity contribution in [3.8, 4) is 0 Å². The number of carbonyl (C=O) groups is 1. The lowest BCUT2D eigenvalue weighted by Gasteiger charge is -2.16. The molecule has 2 rings (SSSR count). The summed E-state index contributed by atoms with van der Waals surface area (Å²) in [5.41, 5.74) is 1.63. The number of rotatable bonds is 2. The average Bonchev–Trinajstić information content (AvgIpc) is 2.61. The minimum absolute atomic E-state index is 0.0243. The fourth-order valence-electron chi connectivity index (χ4n) is 2.17. The third-order valence-electron chi connectivity index (χ3n) is 3.34. The molecule has 1 aliphatic heterocycles. The maximum atomic E-state index is 12.1. The molecule has 1 unspecified atom stereocenters. The van der Waals surface area contributed by atoms with Gasteiger partial charge in [0.15, 0.2) is 0 Å². The van der Waals surface area contributed by atoms with Crippen molar-refractivity contribution in [2.45, 2.75) is 32.2 Å². The fourth-order valence-corrected chi connectivity index (χ4v) is 2.35. The van der Waals surface area contributed by atoms with Crippen molar-refractivity contribution in [2.24, 2.45) is 0 Å². The monoisotopic (exact) mass is 266 g/mol. The highest BCUT2D eigenvalue weighted by molar-refractivity contribution is 6.31. The topological polar surface area (TPSA) is 41.1 Å². The summed E-state index contributed by atoms with van der Waals surface area (Å²) < 4.78 is 0. The molecule has 1 saturated heterocycles. The summed E-state index contributed by atoms with van der Waals surface area (Å²) in [7, 11) is 0. The van der Waals surface area contributed by atoms with Gasteiger partial charge >= 0.3 is 0 Å². The standard InChI is InChI=1S/C14H19ClN2O/c1-10-4-5-11(9-13(10)15)14(18)17-12-3-2-7-16-8-6-12/h4-5,9,12,16H,2-3,6-8H2,1H3,(H,17,18). The molecule has 1 atom stereocenters. The van der Waals surface area contributed by atoms with E-state index >= 15 is 0 Å². The smallest absolute Gasteiger partial charge is 0.251 e. The van der Waals surface area contributed by atoms with Crippen molar-refractivity contribution in [1.82, 2.24) is 10.6 Å². The predicted molar refractivity (Wildman–Crippen MR) is 74.2 cm³/mol. The summed E-state index contributed by atoms with van der Waals surface area (Å²) in [6.07, 6.45) is 3.14. The molecule has 0 saturated carbocycles. The molecule has 0 radical (unpaired) electrons. The van der Waals surface area contributed by atoms with Gasteiger partial charge in [-0.2, -0.15) is 0 Å². The Morgan fingerprint density at radius 3 is 3.00 bits per heavy atom. The van der Waals surface area contributed by atoms with Gasteiger partial charge in [0.25, 0.3) is 5.91 Å². The Hall–Kier alpha value is -1.06. The molecule has 18 heavy (non-hydrogen) atoms. The van der Waals surface area contributed by atoms with Crippen LogP contribution in [0.3, 0.4) is 0 Å². The summed E-state index contributed by atoms with van der Waals surface area (Å²) in [6, 6.07) is 5.71. The molecule has 1 heterocycles. The van der Waals surface area contributed by atoms with Crippen LogP contribution in [0.4, 0.5) is 0 Å². The van der Waals surface area contributed by atoms with Crippen molar-refractivity contribution in [1.29, 1.82) is 0 Å². The number of hydrogen-bond acceptors (Lipinski definition) is 2. The number of nitrogens with one attached hydrogen (secondary N) is 2. The van der Waals surface area contributed by atoms with Crippen LogP contribution in [-0.4, -0.2) is 25.0 Å². The third-order valence-corrected chi connectivity index (χ3v) is 3.75. The van der Waals surface area contributed by atoms with Gasteiger partial charge in [0, 0.05) is 16.6 Å². The van der Waals surface area contributed by atoms with E-state index in [-0.39, 0.29) is 11.9 Å². The van der Waals surface area contributed by atoms with E-state index in [0.717, 1.165) is 37.9 Å². The van der Waals surface area contributed by atoms with Gasteiger partial charge in [0.05, 0.1) is 0 Å². The second-order valence-corrected chi connectivity index (χ2v) is 5.22. The molecule has 4 heteroatoms. The van der Waals surface area contributed by atoms with Crippen LogP contribution in [0.2, 0.25) is 5.02 Å². The summed E-state index contributed by atoms with van der Waals surface area (Å²) in [5, 5.41) is 7.06. The second kappa shape index (κ2) is 6.21. The van der Waals surface area contributed by atoms with E-state index in [1.54, 1.807) is 6.07 Å². The van der Waals surface area contributed by atoms with Crippen LogP contribution in [0.25, 0.3) is 0 Å². The van der Waals surface area contributed by atoms with Crippen LogP contribution in [0.1, 0.15) is 35.2 Å². The normalized spacial score (nSPS) is 20.2. The average molecular weight is 267 g/mol. The highest BCUT2D eigenvalue weighted by Crippen LogP contribution is 2.17. The minimum atomic E-state index is -0.0243. The Labute approximate surface area is 113 Å². The third kappa shape index (κ3) is 3.47. The zero-order chi connectivity index (χ0) is 13.0. The Morgan fingerprint density at radius 1 is 1.39 bits per heavy atom. The zero-order valence-electron chi connectivity index (χ0n) is 10.6. The molecule has 0 bridgehead atoms. The van der Waals surface area contributed by atoms with E-state index in [9.17, 15) is 4.79 Å². The van der Waals surface area contributed by atoms with E-state index in [2.05, 4.69) is 10.6 Å². The first-order valence-corrected chi connectivity index (χ1v) is 6.82. The zero-order valence-corrected chi connectivity index (χ0v) is 11.4. The van der Waals surface area contributed by atoms with Crippen molar-refractivity contribution in [2.75, 3.05) is 13.1 Å². The summed E-state index contributed by atoms with van der Waals surface area (Å²) in [5.74, 6) is -0.0243. The van der Waals surface area contributed by atoms with Crippen molar-refractivity contribution in [3.63, 3.8) is 0 Å². The largest absolute Gasteiger partial charge is 0.349 e. The van der Waals surface area contributed by atoms with E-state index in [4.69, 9.17) is 11.6 Å². The van der Waals surface area contributed by atoms with Crippen LogP contribution in [-0.2, 0) is 0 Å². The number of aryl methyl sites for hydroxylation is 1. The van der Waals surface area contributed by atoms with Crippen molar-refractivity contribution >= 4 is 17.5 Å². The molecule has 0 aliphatic carbocycles. The second-order valence-electron chi connectivity index (χ2n) is 4.82. The Kier molecular flexibility index (Phi) is 4.61. The van der Waals surface area contributed by atoms with Crippen molar-refractivity contribution < 1.29 is 4.79 Å². The number of benzene rings is 1. The first-order valence-electron chi connectivity index (χ1n) is 6.44. The van der Waals surface area contributed by atoms with E-state index in [0.29, 0.717) is 10.6 Å². The summed E-state index contributed by atoms with van der Waals surface area (Å²) in [6.45, 7) is 3.95. The molecule has 2 N–H and O–H groups in total. The highest BCUT2D eigenvalue weighted by Gasteiger charge is 2.15. The first-order chi connectivity index (χ1) is 8.66. The van der Waals surface area contributed by atoms with E-state index in [1.165, 1.54) is 0 Å². The molecule has 1 aliphatic rings. The van der Waals surface area contributed by atoms with E-state index in [1.807, 2.05) is 19.1 Å². The van der Waals surface area contributed by atoms with Gasteiger partial charge in [0.2, 0.25) is 0 Å². The highest BCUT2D eigenvalue weighted by atomic mass is 35.5. The fraction of sp³-hybridized carbons (Fsp3) is 0.500. The van der Waals surface area contributed by atoms with Gasteiger partial charge in [-0.1, -0.05) is 17.7 Å². The van der Waals surface area contributed by atoms with Crippen molar-refractivity contribution in [3.05, 3.63) is 34.3 Å². The predicted octanol–water partition coefficient (Wildman–Crippen LogP) is 2.52. The Morgan fingerprint density at radius 2 is 2.22 bits per heavy atom. The van der Waals surface area contributed by atoms with Crippen LogP contribution in [0.15, 0.2) is 18.2 Å². The van der Waals surface area contributed by atoms with Crippen LogP contribution in [0.5, 0.6) is 0 Å². The molecular weight excluding hydrogens is 248 g/mol. The summed E-state index contributed by atoms with van der Waals surface area (Å²) >= 11 is 6.04. The molecular formula is C14H19ClN2O. The van der Waals surface area contributed by atoms with Gasteiger partial charge in [-0.05, 0) is 57.0 Å². The van der Waals surface area contributed by atoms with E-state index < -0.39 is 0 Å². The quantitative estimate of drug-likeness (QED) is 0.864. The first kappa shape index (κ1) is 13.4. The lowest BCUT2D eigenvalue weighted by molar-refractivity contribution is 0.0934. The minimum Gasteiger partial charge on any atom is -0.349 e. The van der Waals surface area contributed by atoms with Crippen LogP contribution < -0.4 is 10.6 Å². The van der Waals surface area contributed by atoms with Gasteiger partial charge < -0.3 is 10.6 Å².